The van der Waals surface area contributed by atoms with Gasteiger partial charge >= 0.3 is 6.03 Å². The lowest BCUT2D eigenvalue weighted by molar-refractivity contribution is 0.208. The Labute approximate surface area is 177 Å². The molecule has 2 saturated heterocycles. The van der Waals surface area contributed by atoms with E-state index in [0.29, 0.717) is 19.5 Å². The molecule has 9 heteroatoms. The minimum absolute atomic E-state index is 0.0796. The van der Waals surface area contributed by atoms with Gasteiger partial charge < -0.3 is 15.1 Å². The standard InChI is InChI=1S/C21H29N5O3S/c1-15-4-6-18(7-5-15)22-21(27)25-11-9-24(10-12-25)20-16(2)23-26(17(20)3)19-8-13-30(28,29)14-19/h4-7,19H,8-14H2,1-3H3,(H,22,27). The van der Waals surface area contributed by atoms with Crippen molar-refractivity contribution < 1.29 is 13.2 Å². The smallest absolute Gasteiger partial charge is 0.321 e. The van der Waals surface area contributed by atoms with Crippen molar-refractivity contribution in [1.82, 2.24) is 14.7 Å². The number of piperazine rings is 1. The number of benzene rings is 1. The number of nitrogens with zero attached hydrogens (tertiary/aromatic N) is 4. The molecule has 0 aliphatic carbocycles. The molecule has 0 radical (unpaired) electrons. The van der Waals surface area contributed by atoms with Gasteiger partial charge in [0.25, 0.3) is 0 Å². The fraction of sp³-hybridized carbons (Fsp3) is 0.524. The number of carbonyl (C=O) groups excluding carboxylic acids is 1. The van der Waals surface area contributed by atoms with Crippen LogP contribution in [0.3, 0.4) is 0 Å². The summed E-state index contributed by atoms with van der Waals surface area (Å²) in [7, 11) is -2.96. The molecule has 1 N–H and O–H groups in total. The van der Waals surface area contributed by atoms with E-state index in [4.69, 9.17) is 0 Å². The summed E-state index contributed by atoms with van der Waals surface area (Å²) in [6.45, 7) is 8.69. The first kappa shape index (κ1) is 20.7. The number of urea groups is 1. The molecular formula is C21H29N5O3S. The minimum Gasteiger partial charge on any atom is -0.365 e. The highest BCUT2D eigenvalue weighted by molar-refractivity contribution is 7.91. The van der Waals surface area contributed by atoms with E-state index in [9.17, 15) is 13.2 Å². The Morgan fingerprint density at radius 1 is 1.07 bits per heavy atom. The first-order valence-electron chi connectivity index (χ1n) is 10.4. The number of sulfone groups is 1. The zero-order chi connectivity index (χ0) is 21.5. The second kappa shape index (κ2) is 7.94. The van der Waals surface area contributed by atoms with E-state index < -0.39 is 9.84 Å². The van der Waals surface area contributed by atoms with E-state index >= 15 is 0 Å². The van der Waals surface area contributed by atoms with Crippen molar-refractivity contribution >= 4 is 27.2 Å². The largest absolute Gasteiger partial charge is 0.365 e. The highest BCUT2D eigenvalue weighted by Gasteiger charge is 2.33. The third-order valence-corrected chi connectivity index (χ3v) is 7.78. The topological polar surface area (TPSA) is 87.5 Å². The number of aryl methyl sites for hydroxylation is 2. The van der Waals surface area contributed by atoms with Crippen LogP contribution in [0.5, 0.6) is 0 Å². The summed E-state index contributed by atoms with van der Waals surface area (Å²) in [5.74, 6) is 0.404. The molecule has 2 amide bonds. The van der Waals surface area contributed by atoms with Gasteiger partial charge in [-0.05, 0) is 39.3 Å². The maximum atomic E-state index is 12.6. The highest BCUT2D eigenvalue weighted by atomic mass is 32.2. The lowest BCUT2D eigenvalue weighted by Crippen LogP contribution is -2.50. The second-order valence-electron chi connectivity index (χ2n) is 8.29. The molecule has 1 atom stereocenters. The predicted octanol–water partition coefficient (Wildman–Crippen LogP) is 2.52. The van der Waals surface area contributed by atoms with Crippen LogP contribution in [0.1, 0.15) is 29.4 Å². The van der Waals surface area contributed by atoms with Crippen LogP contribution in [0.2, 0.25) is 0 Å². The predicted molar refractivity (Wildman–Crippen MR) is 118 cm³/mol. The van der Waals surface area contributed by atoms with Gasteiger partial charge in [-0.3, -0.25) is 4.68 Å². The van der Waals surface area contributed by atoms with Crippen LogP contribution in [-0.4, -0.2) is 66.8 Å². The molecule has 0 spiro atoms. The van der Waals surface area contributed by atoms with Crippen LogP contribution in [0.15, 0.2) is 24.3 Å². The van der Waals surface area contributed by atoms with E-state index in [2.05, 4.69) is 15.3 Å². The molecule has 0 bridgehead atoms. The van der Waals surface area contributed by atoms with Crippen molar-refractivity contribution in [3.63, 3.8) is 0 Å². The second-order valence-corrected chi connectivity index (χ2v) is 10.5. The molecule has 1 unspecified atom stereocenters. The normalized spacial score (nSPS) is 21.1. The Bertz CT molecular complexity index is 1040. The fourth-order valence-corrected chi connectivity index (χ4v) is 6.10. The molecule has 1 aromatic carbocycles. The van der Waals surface area contributed by atoms with Gasteiger partial charge in [0.05, 0.1) is 34.6 Å². The summed E-state index contributed by atoms with van der Waals surface area (Å²) in [6.07, 6.45) is 0.622. The number of aromatic nitrogens is 2. The van der Waals surface area contributed by atoms with Crippen molar-refractivity contribution in [3.05, 3.63) is 41.2 Å². The SMILES string of the molecule is Cc1ccc(NC(=O)N2CCN(c3c(C)nn(C4CCS(=O)(=O)C4)c3C)CC2)cc1. The van der Waals surface area contributed by atoms with E-state index in [1.54, 1.807) is 0 Å². The van der Waals surface area contributed by atoms with Crippen molar-refractivity contribution in [2.75, 3.05) is 47.9 Å². The number of carbonyl (C=O) groups is 1. The Morgan fingerprint density at radius 3 is 2.33 bits per heavy atom. The van der Waals surface area contributed by atoms with Crippen LogP contribution in [0, 0.1) is 20.8 Å². The van der Waals surface area contributed by atoms with E-state index in [1.165, 1.54) is 0 Å². The third-order valence-electron chi connectivity index (χ3n) is 6.03. The Morgan fingerprint density at radius 2 is 1.73 bits per heavy atom. The molecule has 1 aromatic heterocycles. The van der Waals surface area contributed by atoms with Gasteiger partial charge in [0, 0.05) is 31.9 Å². The van der Waals surface area contributed by atoms with Crippen molar-refractivity contribution in [1.29, 1.82) is 0 Å². The first-order valence-corrected chi connectivity index (χ1v) is 12.2. The van der Waals surface area contributed by atoms with Crippen LogP contribution in [-0.2, 0) is 9.84 Å². The zero-order valence-corrected chi connectivity index (χ0v) is 18.6. The quantitative estimate of drug-likeness (QED) is 0.807. The van der Waals surface area contributed by atoms with Gasteiger partial charge in [-0.25, -0.2) is 13.2 Å². The molecule has 162 valence electrons. The van der Waals surface area contributed by atoms with Crippen LogP contribution in [0.4, 0.5) is 16.2 Å². The Balaban J connectivity index is 1.40. The summed E-state index contributed by atoms with van der Waals surface area (Å²) in [5, 5.41) is 7.63. The number of nitrogens with one attached hydrogen (secondary N) is 1. The number of hydrogen-bond donors (Lipinski definition) is 1. The third kappa shape index (κ3) is 4.16. The van der Waals surface area contributed by atoms with Gasteiger partial charge in [-0.15, -0.1) is 0 Å². The van der Waals surface area contributed by atoms with Gasteiger partial charge in [0.15, 0.2) is 9.84 Å². The average molecular weight is 432 g/mol. The van der Waals surface area contributed by atoms with E-state index in [-0.39, 0.29) is 23.6 Å². The Kier molecular flexibility index (Phi) is 5.48. The van der Waals surface area contributed by atoms with Crippen LogP contribution < -0.4 is 10.2 Å². The van der Waals surface area contributed by atoms with Gasteiger partial charge in [-0.2, -0.15) is 5.10 Å². The molecule has 8 nitrogen and oxygen atoms in total. The maximum Gasteiger partial charge on any atom is 0.321 e. The van der Waals surface area contributed by atoms with Crippen LogP contribution >= 0.6 is 0 Å². The number of anilines is 2. The lowest BCUT2D eigenvalue weighted by Gasteiger charge is -2.36. The van der Waals surface area contributed by atoms with Crippen LogP contribution in [0.25, 0.3) is 0 Å². The average Bonchev–Trinajstić information content (AvgIpc) is 3.22. The van der Waals surface area contributed by atoms with Gasteiger partial charge in [-0.1, -0.05) is 17.7 Å². The summed E-state index contributed by atoms with van der Waals surface area (Å²) < 4.78 is 25.6. The highest BCUT2D eigenvalue weighted by Crippen LogP contribution is 2.31. The Hall–Kier alpha value is -2.55. The summed E-state index contributed by atoms with van der Waals surface area (Å²) >= 11 is 0. The molecule has 2 aliphatic heterocycles. The summed E-state index contributed by atoms with van der Waals surface area (Å²) in [5.41, 5.74) is 4.94. The van der Waals surface area contributed by atoms with E-state index in [0.717, 1.165) is 41.4 Å². The number of hydrogen-bond acceptors (Lipinski definition) is 5. The summed E-state index contributed by atoms with van der Waals surface area (Å²) in [4.78, 5) is 16.7. The fourth-order valence-electron chi connectivity index (χ4n) is 4.41. The minimum atomic E-state index is -2.96. The van der Waals surface area contributed by atoms with Gasteiger partial charge in [0.2, 0.25) is 0 Å². The van der Waals surface area contributed by atoms with Crippen molar-refractivity contribution in [2.24, 2.45) is 0 Å². The van der Waals surface area contributed by atoms with E-state index in [1.807, 2.05) is 54.6 Å². The van der Waals surface area contributed by atoms with Crippen molar-refractivity contribution in [2.45, 2.75) is 33.2 Å². The molecule has 0 saturated carbocycles. The monoisotopic (exact) mass is 431 g/mol. The first-order chi connectivity index (χ1) is 14.2. The van der Waals surface area contributed by atoms with Gasteiger partial charge in [0.1, 0.15) is 0 Å². The molecule has 2 aromatic rings. The summed E-state index contributed by atoms with van der Waals surface area (Å²) in [6, 6.07) is 7.61. The lowest BCUT2D eigenvalue weighted by atomic mass is 10.2. The molecule has 4 rings (SSSR count). The van der Waals surface area contributed by atoms with Crippen molar-refractivity contribution in [3.8, 4) is 0 Å². The molecule has 30 heavy (non-hydrogen) atoms. The molecule has 3 heterocycles. The number of amides is 2. The molecule has 2 aliphatic rings. The molecule has 2 fully saturated rings. The zero-order valence-electron chi connectivity index (χ0n) is 17.8. The number of rotatable bonds is 3. The molecular weight excluding hydrogens is 402 g/mol. The maximum absolute atomic E-state index is 12.6.